The predicted octanol–water partition coefficient (Wildman–Crippen LogP) is 3.56. The first kappa shape index (κ1) is 15.9. The maximum Gasteiger partial charge on any atom is 0.262 e. The fourth-order valence-corrected chi connectivity index (χ4v) is 2.54. The lowest BCUT2D eigenvalue weighted by atomic mass is 10.1. The van der Waals surface area contributed by atoms with Gasteiger partial charge in [-0.25, -0.2) is 10.4 Å². The minimum atomic E-state index is -0.0613. The van der Waals surface area contributed by atoms with E-state index in [1.165, 1.54) is 5.56 Å². The Labute approximate surface area is 140 Å². The molecule has 2 aromatic carbocycles. The number of hydrogen-bond acceptors (Lipinski definition) is 4. The minimum Gasteiger partial charge on any atom is -0.277 e. The van der Waals surface area contributed by atoms with Gasteiger partial charge in [0, 0.05) is 6.54 Å². The number of benzene rings is 2. The zero-order valence-corrected chi connectivity index (χ0v) is 14.1. The molecular weight excluding hydrogens is 300 g/mol. The summed E-state index contributed by atoms with van der Waals surface area (Å²) < 4.78 is 1.59. The molecule has 122 valence electrons. The summed E-state index contributed by atoms with van der Waals surface area (Å²) in [5, 5.41) is 5.01. The zero-order chi connectivity index (χ0) is 17.1. The summed E-state index contributed by atoms with van der Waals surface area (Å²) in [6.07, 6.45) is 0. The highest BCUT2D eigenvalue weighted by Crippen LogP contribution is 2.12. The second kappa shape index (κ2) is 6.66. The van der Waals surface area contributed by atoms with Crippen molar-refractivity contribution in [3.63, 3.8) is 0 Å². The van der Waals surface area contributed by atoms with Gasteiger partial charge in [0.1, 0.15) is 0 Å². The summed E-state index contributed by atoms with van der Waals surface area (Å²) in [5.41, 5.74) is 6.62. The molecule has 0 saturated heterocycles. The lowest BCUT2D eigenvalue weighted by Crippen LogP contribution is -2.23. The molecule has 0 fully saturated rings. The molecule has 3 rings (SSSR count). The average Bonchev–Trinajstić information content (AvgIpc) is 2.60. The fourth-order valence-electron chi connectivity index (χ4n) is 2.54. The molecule has 0 atom stereocenters. The van der Waals surface area contributed by atoms with Crippen molar-refractivity contribution >= 4 is 22.6 Å². The van der Waals surface area contributed by atoms with Gasteiger partial charge < -0.3 is 0 Å². The van der Waals surface area contributed by atoms with Crippen LogP contribution in [0.5, 0.6) is 0 Å². The largest absolute Gasteiger partial charge is 0.277 e. The number of hydrogen-bond donors (Lipinski definition) is 1. The van der Waals surface area contributed by atoms with Crippen LogP contribution >= 0.6 is 0 Å². The molecule has 0 spiro atoms. The Hall–Kier alpha value is -2.95. The molecule has 0 saturated carbocycles. The maximum atomic E-state index is 12.6. The van der Waals surface area contributed by atoms with Crippen LogP contribution in [0.1, 0.15) is 25.0 Å². The standard InChI is InChI=1S/C19H20N4O/c1-4-23-18(24)16-7-5-6-8-17(16)20-19(23)22-21-14(3)15-11-9-13(2)10-12-15/h5-12H,4H2,1-3H3,(H,20,22)/b21-14-. The molecule has 0 aliphatic carbocycles. The number of aromatic nitrogens is 2. The van der Waals surface area contributed by atoms with Crippen LogP contribution in [-0.2, 0) is 6.54 Å². The van der Waals surface area contributed by atoms with E-state index in [2.05, 4.69) is 15.5 Å². The Bertz CT molecular complexity index is 955. The molecule has 5 heteroatoms. The van der Waals surface area contributed by atoms with E-state index in [0.29, 0.717) is 23.4 Å². The van der Waals surface area contributed by atoms with Crippen molar-refractivity contribution in [2.45, 2.75) is 27.3 Å². The van der Waals surface area contributed by atoms with Crippen molar-refractivity contribution < 1.29 is 0 Å². The summed E-state index contributed by atoms with van der Waals surface area (Å²) in [7, 11) is 0. The number of para-hydroxylation sites is 1. The first-order chi connectivity index (χ1) is 11.6. The van der Waals surface area contributed by atoms with Gasteiger partial charge in [-0.2, -0.15) is 5.10 Å². The van der Waals surface area contributed by atoms with E-state index in [0.717, 1.165) is 11.3 Å². The lowest BCUT2D eigenvalue weighted by molar-refractivity contribution is 0.724. The maximum absolute atomic E-state index is 12.6. The second-order valence-electron chi connectivity index (χ2n) is 5.68. The molecule has 1 heterocycles. The van der Waals surface area contributed by atoms with E-state index in [-0.39, 0.29) is 5.56 Å². The van der Waals surface area contributed by atoms with Gasteiger partial charge in [0.05, 0.1) is 16.6 Å². The highest BCUT2D eigenvalue weighted by atomic mass is 16.1. The monoisotopic (exact) mass is 320 g/mol. The van der Waals surface area contributed by atoms with Crippen LogP contribution in [-0.4, -0.2) is 15.3 Å². The topological polar surface area (TPSA) is 59.3 Å². The van der Waals surface area contributed by atoms with E-state index in [1.54, 1.807) is 10.6 Å². The van der Waals surface area contributed by atoms with Crippen LogP contribution in [0.2, 0.25) is 0 Å². The van der Waals surface area contributed by atoms with Gasteiger partial charge in [0.15, 0.2) is 0 Å². The van der Waals surface area contributed by atoms with Crippen LogP contribution in [0.3, 0.4) is 0 Å². The molecule has 5 nitrogen and oxygen atoms in total. The van der Waals surface area contributed by atoms with E-state index >= 15 is 0 Å². The minimum absolute atomic E-state index is 0.0613. The molecule has 1 N–H and O–H groups in total. The first-order valence-corrected chi connectivity index (χ1v) is 7.97. The number of nitrogens with zero attached hydrogens (tertiary/aromatic N) is 3. The number of rotatable bonds is 4. The van der Waals surface area contributed by atoms with Crippen molar-refractivity contribution in [3.05, 3.63) is 70.0 Å². The van der Waals surface area contributed by atoms with E-state index in [4.69, 9.17) is 0 Å². The zero-order valence-electron chi connectivity index (χ0n) is 14.1. The SMILES string of the molecule is CCn1c(N/N=C(/C)c2ccc(C)cc2)nc2ccccc2c1=O. The quantitative estimate of drug-likeness (QED) is 0.590. The molecule has 0 bridgehead atoms. The van der Waals surface area contributed by atoms with E-state index in [1.807, 2.05) is 63.2 Å². The molecule has 0 amide bonds. The molecule has 0 radical (unpaired) electrons. The van der Waals surface area contributed by atoms with Gasteiger partial charge in [-0.05, 0) is 38.5 Å². The van der Waals surface area contributed by atoms with Crippen molar-refractivity contribution in [3.8, 4) is 0 Å². The first-order valence-electron chi connectivity index (χ1n) is 7.97. The Morgan fingerprint density at radius 3 is 2.58 bits per heavy atom. The number of hydrazone groups is 1. The number of aryl methyl sites for hydroxylation is 1. The summed E-state index contributed by atoms with van der Waals surface area (Å²) in [5.74, 6) is 0.452. The number of fused-ring (bicyclic) bond motifs is 1. The molecule has 3 aromatic rings. The van der Waals surface area contributed by atoms with Crippen LogP contribution in [0.25, 0.3) is 10.9 Å². The van der Waals surface area contributed by atoms with Crippen molar-refractivity contribution in [2.75, 3.05) is 5.43 Å². The Morgan fingerprint density at radius 2 is 1.88 bits per heavy atom. The van der Waals surface area contributed by atoms with Crippen molar-refractivity contribution in [2.24, 2.45) is 5.10 Å². The van der Waals surface area contributed by atoms with E-state index in [9.17, 15) is 4.79 Å². The predicted molar refractivity (Wildman–Crippen MR) is 98.7 cm³/mol. The molecule has 0 aliphatic heterocycles. The van der Waals surface area contributed by atoms with Crippen LogP contribution in [0, 0.1) is 6.92 Å². The van der Waals surface area contributed by atoms with Gasteiger partial charge >= 0.3 is 0 Å². The number of nitrogens with one attached hydrogen (secondary N) is 1. The van der Waals surface area contributed by atoms with Crippen LogP contribution < -0.4 is 11.0 Å². The smallest absolute Gasteiger partial charge is 0.262 e. The normalized spacial score (nSPS) is 11.7. The summed E-state index contributed by atoms with van der Waals surface area (Å²) >= 11 is 0. The molecule has 0 unspecified atom stereocenters. The summed E-state index contributed by atoms with van der Waals surface area (Å²) in [6.45, 7) is 6.41. The van der Waals surface area contributed by atoms with Gasteiger partial charge in [0.2, 0.25) is 5.95 Å². The highest BCUT2D eigenvalue weighted by Gasteiger charge is 2.09. The Kier molecular flexibility index (Phi) is 4.42. The highest BCUT2D eigenvalue weighted by molar-refractivity contribution is 5.99. The van der Waals surface area contributed by atoms with E-state index < -0.39 is 0 Å². The van der Waals surface area contributed by atoms with Crippen molar-refractivity contribution in [1.82, 2.24) is 9.55 Å². The third-order valence-corrected chi connectivity index (χ3v) is 3.97. The third-order valence-electron chi connectivity index (χ3n) is 3.97. The van der Waals surface area contributed by atoms with Crippen LogP contribution in [0.15, 0.2) is 58.4 Å². The van der Waals surface area contributed by atoms with Crippen LogP contribution in [0.4, 0.5) is 5.95 Å². The average molecular weight is 320 g/mol. The Balaban J connectivity index is 1.99. The Morgan fingerprint density at radius 1 is 1.17 bits per heavy atom. The molecule has 24 heavy (non-hydrogen) atoms. The van der Waals surface area contributed by atoms with Crippen molar-refractivity contribution in [1.29, 1.82) is 0 Å². The molecular formula is C19H20N4O. The lowest BCUT2D eigenvalue weighted by Gasteiger charge is -2.11. The summed E-state index contributed by atoms with van der Waals surface area (Å²) in [4.78, 5) is 17.1. The second-order valence-corrected chi connectivity index (χ2v) is 5.68. The molecule has 0 aliphatic rings. The number of anilines is 1. The molecule has 1 aromatic heterocycles. The van der Waals surface area contributed by atoms with Gasteiger partial charge in [0.25, 0.3) is 5.56 Å². The summed E-state index contributed by atoms with van der Waals surface area (Å²) in [6, 6.07) is 15.5. The third kappa shape index (κ3) is 3.06. The fraction of sp³-hybridized carbons (Fsp3) is 0.211. The van der Waals surface area contributed by atoms with Gasteiger partial charge in [-0.15, -0.1) is 0 Å². The van der Waals surface area contributed by atoms with Gasteiger partial charge in [-0.1, -0.05) is 42.0 Å². The van der Waals surface area contributed by atoms with Gasteiger partial charge in [-0.3, -0.25) is 9.36 Å².